The molecule has 2 fully saturated rings. The molecule has 2 aliphatic rings. The second kappa shape index (κ2) is 5.55. The van der Waals surface area contributed by atoms with Gasteiger partial charge in [-0.3, -0.25) is 5.01 Å². The summed E-state index contributed by atoms with van der Waals surface area (Å²) in [6.07, 6.45) is 9.31. The molecule has 1 aromatic rings. The first-order chi connectivity index (χ1) is 8.93. The molecule has 3 rings (SSSR count). The zero-order valence-electron chi connectivity index (χ0n) is 11.0. The first-order valence-electron chi connectivity index (χ1n) is 7.31. The lowest BCUT2D eigenvalue weighted by Crippen LogP contribution is -2.05. The second-order valence-corrected chi connectivity index (χ2v) is 5.48. The van der Waals surface area contributed by atoms with Crippen LogP contribution in [0.5, 0.6) is 0 Å². The number of hydrogen-bond acceptors (Lipinski definition) is 2. The van der Waals surface area contributed by atoms with Crippen molar-refractivity contribution in [1.29, 1.82) is 0 Å². The van der Waals surface area contributed by atoms with Crippen LogP contribution < -0.4 is 0 Å². The van der Waals surface area contributed by atoms with E-state index in [-0.39, 0.29) is 0 Å². The van der Waals surface area contributed by atoms with E-state index in [0.717, 1.165) is 6.54 Å². The second-order valence-electron chi connectivity index (χ2n) is 5.48. The van der Waals surface area contributed by atoms with Crippen LogP contribution in [0.15, 0.2) is 35.4 Å². The van der Waals surface area contributed by atoms with Crippen molar-refractivity contribution in [1.82, 2.24) is 5.01 Å². The third-order valence-electron chi connectivity index (χ3n) is 3.97. The Kier molecular flexibility index (Phi) is 3.63. The van der Waals surface area contributed by atoms with E-state index in [1.54, 1.807) is 0 Å². The van der Waals surface area contributed by atoms with Crippen LogP contribution in [-0.2, 0) is 0 Å². The Balaban J connectivity index is 1.60. The minimum Gasteiger partial charge on any atom is -0.285 e. The topological polar surface area (TPSA) is 15.4 Å². The predicted octanol–water partition coefficient (Wildman–Crippen LogP) is 4.14. The van der Waals surface area contributed by atoms with Gasteiger partial charge in [0.2, 0.25) is 0 Å². The first kappa shape index (κ1) is 11.8. The lowest BCUT2D eigenvalue weighted by molar-refractivity contribution is 0.535. The summed E-state index contributed by atoms with van der Waals surface area (Å²) in [5, 5.41) is 7.11. The molecule has 0 amide bonds. The van der Waals surface area contributed by atoms with Gasteiger partial charge in [0.1, 0.15) is 0 Å². The molecule has 1 saturated carbocycles. The molecular formula is C16H22N2. The Morgan fingerprint density at radius 3 is 2.28 bits per heavy atom. The molecule has 0 aromatic heterocycles. The lowest BCUT2D eigenvalue weighted by atomic mass is 9.99. The molecule has 18 heavy (non-hydrogen) atoms. The molecule has 1 aliphatic carbocycles. The molecule has 0 bridgehead atoms. The molecule has 1 aromatic carbocycles. The molecular weight excluding hydrogens is 220 g/mol. The molecule has 1 atom stereocenters. The van der Waals surface area contributed by atoms with Crippen LogP contribution in [0.2, 0.25) is 0 Å². The summed E-state index contributed by atoms with van der Waals surface area (Å²) in [6.45, 7) is 1.10. The third-order valence-corrected chi connectivity index (χ3v) is 3.97. The average molecular weight is 242 g/mol. The number of rotatable bonds is 2. The van der Waals surface area contributed by atoms with E-state index in [0.29, 0.717) is 6.04 Å². The number of hydrogen-bond donors (Lipinski definition) is 0. The zero-order chi connectivity index (χ0) is 12.2. The lowest BCUT2D eigenvalue weighted by Gasteiger charge is -2.11. The average Bonchev–Trinajstić information content (AvgIpc) is 3.13. The Labute approximate surface area is 110 Å². The Morgan fingerprint density at radius 2 is 1.56 bits per heavy atom. The van der Waals surface area contributed by atoms with Crippen molar-refractivity contribution >= 4 is 5.71 Å². The van der Waals surface area contributed by atoms with Crippen LogP contribution >= 0.6 is 0 Å². The highest BCUT2D eigenvalue weighted by Crippen LogP contribution is 2.35. The fourth-order valence-electron chi connectivity index (χ4n) is 2.79. The number of nitrogens with zero attached hydrogens (tertiary/aromatic N) is 2. The van der Waals surface area contributed by atoms with Crippen LogP contribution in [0, 0.1) is 0 Å². The van der Waals surface area contributed by atoms with E-state index >= 15 is 0 Å². The van der Waals surface area contributed by atoms with Gasteiger partial charge in [0.15, 0.2) is 0 Å². The van der Waals surface area contributed by atoms with E-state index in [4.69, 9.17) is 5.10 Å². The molecule has 1 unspecified atom stereocenters. The van der Waals surface area contributed by atoms with Gasteiger partial charge in [0.25, 0.3) is 0 Å². The molecule has 0 spiro atoms. The van der Waals surface area contributed by atoms with E-state index < -0.39 is 0 Å². The highest BCUT2D eigenvalue weighted by Gasteiger charge is 2.34. The summed E-state index contributed by atoms with van der Waals surface area (Å²) in [5.74, 6) is 0. The van der Waals surface area contributed by atoms with E-state index in [1.807, 2.05) is 0 Å². The van der Waals surface area contributed by atoms with Gasteiger partial charge < -0.3 is 0 Å². The van der Waals surface area contributed by atoms with Crippen molar-refractivity contribution in [3.05, 3.63) is 35.9 Å². The fourth-order valence-corrected chi connectivity index (χ4v) is 2.79. The van der Waals surface area contributed by atoms with Crippen LogP contribution in [-0.4, -0.2) is 17.3 Å². The standard InChI is InChI=1S/C16H22N2/c1-2-7-11-15(12-8-3-1)17-18-13-16(18)14-9-5-4-6-10-14/h4-6,9-10,16H,1-3,7-8,11-13H2. The number of hydrazone groups is 1. The first-order valence-corrected chi connectivity index (χ1v) is 7.31. The zero-order valence-corrected chi connectivity index (χ0v) is 11.0. The summed E-state index contributed by atoms with van der Waals surface area (Å²) in [6, 6.07) is 11.3. The molecule has 0 radical (unpaired) electrons. The third kappa shape index (κ3) is 2.92. The van der Waals surface area contributed by atoms with Crippen molar-refractivity contribution in [2.45, 2.75) is 51.0 Å². The summed E-state index contributed by atoms with van der Waals surface area (Å²) >= 11 is 0. The number of benzene rings is 1. The van der Waals surface area contributed by atoms with Gasteiger partial charge in [0.05, 0.1) is 12.6 Å². The molecule has 2 heteroatoms. The molecule has 0 N–H and O–H groups in total. The maximum Gasteiger partial charge on any atom is 0.0912 e. The smallest absolute Gasteiger partial charge is 0.0912 e. The molecule has 2 nitrogen and oxygen atoms in total. The fraction of sp³-hybridized carbons (Fsp3) is 0.562. The van der Waals surface area contributed by atoms with Crippen LogP contribution in [0.4, 0.5) is 0 Å². The molecule has 1 aliphatic heterocycles. The highest BCUT2D eigenvalue weighted by molar-refractivity contribution is 5.84. The van der Waals surface area contributed by atoms with Crippen LogP contribution in [0.25, 0.3) is 0 Å². The van der Waals surface area contributed by atoms with Crippen molar-refractivity contribution < 1.29 is 0 Å². The Morgan fingerprint density at radius 1 is 0.889 bits per heavy atom. The van der Waals surface area contributed by atoms with Crippen LogP contribution in [0.3, 0.4) is 0 Å². The van der Waals surface area contributed by atoms with Gasteiger partial charge in [0, 0.05) is 5.71 Å². The van der Waals surface area contributed by atoms with Crippen molar-refractivity contribution in [3.63, 3.8) is 0 Å². The summed E-state index contributed by atoms with van der Waals surface area (Å²) in [7, 11) is 0. The SMILES string of the molecule is c1ccc(C2CN2N=C2CCCCCCC2)cc1. The Hall–Kier alpha value is -1.31. The maximum atomic E-state index is 4.86. The largest absolute Gasteiger partial charge is 0.285 e. The minimum atomic E-state index is 0.546. The van der Waals surface area contributed by atoms with Crippen molar-refractivity contribution in [2.24, 2.45) is 5.10 Å². The van der Waals surface area contributed by atoms with E-state index in [1.165, 1.54) is 56.2 Å². The van der Waals surface area contributed by atoms with E-state index in [2.05, 4.69) is 35.3 Å². The van der Waals surface area contributed by atoms with Gasteiger partial charge in [-0.2, -0.15) is 5.10 Å². The minimum absolute atomic E-state index is 0.546. The normalized spacial score (nSPS) is 24.3. The van der Waals surface area contributed by atoms with Gasteiger partial charge >= 0.3 is 0 Å². The van der Waals surface area contributed by atoms with Gasteiger partial charge in [-0.25, -0.2) is 0 Å². The quantitative estimate of drug-likeness (QED) is 0.711. The summed E-state index contributed by atoms with van der Waals surface area (Å²) in [4.78, 5) is 0. The molecule has 1 heterocycles. The highest BCUT2D eigenvalue weighted by atomic mass is 15.6. The van der Waals surface area contributed by atoms with Gasteiger partial charge in [-0.1, -0.05) is 49.6 Å². The van der Waals surface area contributed by atoms with E-state index in [9.17, 15) is 0 Å². The summed E-state index contributed by atoms with van der Waals surface area (Å²) in [5.41, 5.74) is 2.85. The Bertz CT molecular complexity index is 400. The van der Waals surface area contributed by atoms with Crippen molar-refractivity contribution in [3.8, 4) is 0 Å². The maximum absolute atomic E-state index is 4.86. The van der Waals surface area contributed by atoms with Gasteiger partial charge in [-0.05, 0) is 31.2 Å². The molecule has 96 valence electrons. The monoisotopic (exact) mass is 242 g/mol. The van der Waals surface area contributed by atoms with Crippen molar-refractivity contribution in [2.75, 3.05) is 6.54 Å². The van der Waals surface area contributed by atoms with Gasteiger partial charge in [-0.15, -0.1) is 0 Å². The van der Waals surface area contributed by atoms with Crippen LogP contribution in [0.1, 0.15) is 56.6 Å². The molecule has 1 saturated heterocycles. The summed E-state index contributed by atoms with van der Waals surface area (Å²) < 4.78 is 0. The predicted molar refractivity (Wildman–Crippen MR) is 75.6 cm³/mol.